The van der Waals surface area contributed by atoms with Gasteiger partial charge in [-0.1, -0.05) is 13.3 Å². The van der Waals surface area contributed by atoms with Crippen LogP contribution in [0.4, 0.5) is 0 Å². The molecule has 1 N–H and O–H groups in total. The molecule has 0 amide bonds. The summed E-state index contributed by atoms with van der Waals surface area (Å²) in [6.07, 6.45) is 0.379. The van der Waals surface area contributed by atoms with E-state index in [4.69, 9.17) is 18.9 Å². The van der Waals surface area contributed by atoms with E-state index >= 15 is 0 Å². The van der Waals surface area contributed by atoms with E-state index in [1.165, 1.54) is 12.8 Å². The fourth-order valence-corrected chi connectivity index (χ4v) is 3.73. The molecule has 0 aliphatic carbocycles. The Morgan fingerprint density at radius 1 is 1.30 bits per heavy atom. The van der Waals surface area contributed by atoms with Gasteiger partial charge in [-0.15, -0.1) is 0 Å². The number of fused-ring (bicyclic) bond motifs is 1. The van der Waals surface area contributed by atoms with Gasteiger partial charge in [0.15, 0.2) is 12.1 Å². The van der Waals surface area contributed by atoms with Crippen LogP contribution in [-0.4, -0.2) is 60.2 Å². The van der Waals surface area contributed by atoms with Crippen LogP contribution in [0.2, 0.25) is 0 Å². The van der Waals surface area contributed by atoms with Crippen molar-refractivity contribution in [1.82, 2.24) is 0 Å². The zero-order valence-electron chi connectivity index (χ0n) is 12.7. The molecule has 0 saturated carbocycles. The average Bonchev–Trinajstić information content (AvgIpc) is 2.87. The van der Waals surface area contributed by atoms with Crippen LogP contribution in [0.3, 0.4) is 0 Å². The molecule has 2 aliphatic rings. The maximum Gasteiger partial charge on any atom is 0.186 e. The highest BCUT2D eigenvalue weighted by molar-refractivity contribution is 7.99. The Kier molecular flexibility index (Phi) is 5.73. The number of hydrogen-bond acceptors (Lipinski definition) is 6. The second-order valence-electron chi connectivity index (χ2n) is 5.77. The van der Waals surface area contributed by atoms with E-state index in [0.29, 0.717) is 5.75 Å². The Morgan fingerprint density at radius 3 is 2.65 bits per heavy atom. The first kappa shape index (κ1) is 16.5. The third-order valence-electron chi connectivity index (χ3n) is 3.59. The van der Waals surface area contributed by atoms with Crippen molar-refractivity contribution in [2.24, 2.45) is 0 Å². The Balaban J connectivity index is 1.91. The zero-order valence-corrected chi connectivity index (χ0v) is 13.5. The lowest BCUT2D eigenvalue weighted by molar-refractivity contribution is -0.235. The molecule has 2 saturated heterocycles. The first-order chi connectivity index (χ1) is 9.48. The number of aliphatic hydroxyl groups is 1. The summed E-state index contributed by atoms with van der Waals surface area (Å²) in [6, 6.07) is 0. The summed E-state index contributed by atoms with van der Waals surface area (Å²) in [7, 11) is 1.58. The van der Waals surface area contributed by atoms with Gasteiger partial charge in [0, 0.05) is 12.9 Å². The Bertz CT molecular complexity index is 312. The molecule has 0 aromatic heterocycles. The van der Waals surface area contributed by atoms with Crippen molar-refractivity contribution in [3.05, 3.63) is 0 Å². The van der Waals surface area contributed by atoms with E-state index in [0.717, 1.165) is 5.75 Å². The summed E-state index contributed by atoms with van der Waals surface area (Å²) >= 11 is 1.75. The van der Waals surface area contributed by atoms with E-state index in [2.05, 4.69) is 6.92 Å². The van der Waals surface area contributed by atoms with Crippen LogP contribution in [0, 0.1) is 0 Å². The lowest BCUT2D eigenvalue weighted by atomic mass is 10.1. The lowest BCUT2D eigenvalue weighted by Gasteiger charge is -2.26. The second-order valence-corrected chi connectivity index (χ2v) is 6.92. The summed E-state index contributed by atoms with van der Waals surface area (Å²) in [5.74, 6) is 1.06. The summed E-state index contributed by atoms with van der Waals surface area (Å²) in [5.41, 5.74) is 0. The zero-order chi connectivity index (χ0) is 14.8. The number of methoxy groups -OCH3 is 1. The Morgan fingerprint density at radius 2 is 2.00 bits per heavy atom. The molecule has 2 fully saturated rings. The van der Waals surface area contributed by atoms with E-state index in [-0.39, 0.29) is 18.3 Å². The van der Waals surface area contributed by atoms with Crippen LogP contribution in [0.5, 0.6) is 0 Å². The minimum absolute atomic E-state index is 0.267. The van der Waals surface area contributed by atoms with Gasteiger partial charge in [-0.25, -0.2) is 0 Å². The predicted octanol–water partition coefficient (Wildman–Crippen LogP) is 1.77. The molecule has 118 valence electrons. The molecule has 0 radical (unpaired) electrons. The van der Waals surface area contributed by atoms with Gasteiger partial charge in [-0.2, -0.15) is 11.8 Å². The van der Waals surface area contributed by atoms with Gasteiger partial charge in [0.05, 0.1) is 6.10 Å². The number of ether oxygens (including phenoxy) is 4. The number of rotatable bonds is 7. The van der Waals surface area contributed by atoms with Crippen molar-refractivity contribution in [1.29, 1.82) is 0 Å². The maximum atomic E-state index is 10.3. The Labute approximate surface area is 125 Å². The van der Waals surface area contributed by atoms with Gasteiger partial charge in [0.2, 0.25) is 0 Å². The van der Waals surface area contributed by atoms with Crippen LogP contribution in [-0.2, 0) is 18.9 Å². The largest absolute Gasteiger partial charge is 0.389 e. The third-order valence-corrected chi connectivity index (χ3v) is 4.74. The van der Waals surface area contributed by atoms with Crippen molar-refractivity contribution in [2.45, 2.75) is 70.1 Å². The Hall–Kier alpha value is 0.150. The standard InChI is InChI=1S/C14H26O5S/c1-5-6-7-20-8-9(15)10-11-12(13(16-4)17-10)19-14(2,3)18-11/h9-13,15H,5-8H2,1-4H3/t9-,10-,11+,12+,13+/m1/s1. The molecule has 0 bridgehead atoms. The number of thioether (sulfide) groups is 1. The smallest absolute Gasteiger partial charge is 0.186 e. The van der Waals surface area contributed by atoms with Crippen LogP contribution in [0.1, 0.15) is 33.6 Å². The summed E-state index contributed by atoms with van der Waals surface area (Å²) < 4.78 is 22.7. The SMILES string of the molecule is CCCCSC[C@@H](O)[C@H]1O[C@H](OC)[C@H]2OC(C)(C)O[C@H]21. The van der Waals surface area contributed by atoms with Crippen molar-refractivity contribution in [3.8, 4) is 0 Å². The van der Waals surface area contributed by atoms with Crippen molar-refractivity contribution < 1.29 is 24.1 Å². The predicted molar refractivity (Wildman–Crippen MR) is 77.7 cm³/mol. The highest BCUT2D eigenvalue weighted by Gasteiger charge is 2.57. The molecule has 5 atom stereocenters. The van der Waals surface area contributed by atoms with Gasteiger partial charge in [-0.3, -0.25) is 0 Å². The number of aliphatic hydroxyl groups excluding tert-OH is 1. The molecule has 0 aromatic carbocycles. The van der Waals surface area contributed by atoms with Gasteiger partial charge in [-0.05, 0) is 26.0 Å². The van der Waals surface area contributed by atoms with Crippen LogP contribution >= 0.6 is 11.8 Å². The monoisotopic (exact) mass is 306 g/mol. The minimum atomic E-state index is -0.650. The van der Waals surface area contributed by atoms with E-state index in [1.54, 1.807) is 18.9 Å². The maximum absolute atomic E-state index is 10.3. The molecule has 2 heterocycles. The first-order valence-electron chi connectivity index (χ1n) is 7.28. The van der Waals surface area contributed by atoms with E-state index in [9.17, 15) is 5.11 Å². The molecule has 0 unspecified atom stereocenters. The first-order valence-corrected chi connectivity index (χ1v) is 8.43. The van der Waals surface area contributed by atoms with E-state index in [1.807, 2.05) is 13.8 Å². The number of unbranched alkanes of at least 4 members (excludes halogenated alkanes) is 1. The number of hydrogen-bond donors (Lipinski definition) is 1. The molecule has 2 aliphatic heterocycles. The van der Waals surface area contributed by atoms with Crippen molar-refractivity contribution in [2.75, 3.05) is 18.6 Å². The molecule has 2 rings (SSSR count). The third kappa shape index (κ3) is 3.67. The van der Waals surface area contributed by atoms with Crippen molar-refractivity contribution in [3.63, 3.8) is 0 Å². The molecular weight excluding hydrogens is 280 g/mol. The quantitative estimate of drug-likeness (QED) is 0.724. The van der Waals surface area contributed by atoms with Crippen molar-refractivity contribution >= 4 is 11.8 Å². The highest BCUT2D eigenvalue weighted by atomic mass is 32.2. The van der Waals surface area contributed by atoms with Gasteiger partial charge in [0.1, 0.15) is 18.3 Å². The molecule has 0 spiro atoms. The molecule has 20 heavy (non-hydrogen) atoms. The fraction of sp³-hybridized carbons (Fsp3) is 1.00. The van der Waals surface area contributed by atoms with Gasteiger partial charge in [0.25, 0.3) is 0 Å². The normalized spacial score (nSPS) is 37.0. The van der Waals surface area contributed by atoms with Crippen LogP contribution in [0.15, 0.2) is 0 Å². The topological polar surface area (TPSA) is 57.2 Å². The lowest BCUT2D eigenvalue weighted by Crippen LogP contribution is -2.39. The molecule has 6 heteroatoms. The highest BCUT2D eigenvalue weighted by Crippen LogP contribution is 2.40. The summed E-state index contributed by atoms with van der Waals surface area (Å²) in [5, 5.41) is 10.3. The molecule has 5 nitrogen and oxygen atoms in total. The minimum Gasteiger partial charge on any atom is -0.389 e. The molecular formula is C14H26O5S. The van der Waals surface area contributed by atoms with Crippen LogP contribution < -0.4 is 0 Å². The van der Waals surface area contributed by atoms with Gasteiger partial charge < -0.3 is 24.1 Å². The summed E-state index contributed by atoms with van der Waals surface area (Å²) in [6.45, 7) is 5.91. The second kappa shape index (κ2) is 6.94. The molecule has 0 aromatic rings. The van der Waals surface area contributed by atoms with Crippen LogP contribution in [0.25, 0.3) is 0 Å². The van der Waals surface area contributed by atoms with E-state index < -0.39 is 18.2 Å². The van der Waals surface area contributed by atoms with Gasteiger partial charge >= 0.3 is 0 Å². The average molecular weight is 306 g/mol. The summed E-state index contributed by atoms with van der Waals surface area (Å²) in [4.78, 5) is 0. The fourth-order valence-electron chi connectivity index (χ4n) is 2.64.